The number of rotatable bonds is 1. The molecule has 1 aromatic rings. The SMILES string of the molecule is Nc1ccc(N2C(=O)CSCC2=O)cn1. The van der Waals surface area contributed by atoms with Crippen LogP contribution in [0.3, 0.4) is 0 Å². The smallest absolute Gasteiger partial charge is 0.243 e. The fraction of sp³-hybridized carbons (Fsp3) is 0.222. The predicted molar refractivity (Wildman–Crippen MR) is 58.5 cm³/mol. The van der Waals surface area contributed by atoms with E-state index >= 15 is 0 Å². The summed E-state index contributed by atoms with van der Waals surface area (Å²) in [6.07, 6.45) is 1.43. The molecule has 2 amide bonds. The summed E-state index contributed by atoms with van der Waals surface area (Å²) in [6.45, 7) is 0. The van der Waals surface area contributed by atoms with Crippen molar-refractivity contribution in [3.8, 4) is 0 Å². The van der Waals surface area contributed by atoms with Crippen LogP contribution in [0.4, 0.5) is 11.5 Å². The van der Waals surface area contributed by atoms with Crippen molar-refractivity contribution < 1.29 is 9.59 Å². The number of thioether (sulfide) groups is 1. The third-order valence-corrected chi connectivity index (χ3v) is 2.88. The summed E-state index contributed by atoms with van der Waals surface area (Å²) in [7, 11) is 0. The third kappa shape index (κ3) is 1.94. The lowest BCUT2D eigenvalue weighted by Crippen LogP contribution is -2.43. The molecule has 2 heterocycles. The summed E-state index contributed by atoms with van der Waals surface area (Å²) < 4.78 is 0. The molecule has 1 aliphatic heterocycles. The third-order valence-electron chi connectivity index (χ3n) is 1.98. The second-order valence-electron chi connectivity index (χ2n) is 3.06. The van der Waals surface area contributed by atoms with Crippen LogP contribution in [0.1, 0.15) is 0 Å². The Hall–Kier alpha value is -1.56. The highest BCUT2D eigenvalue weighted by Crippen LogP contribution is 2.20. The molecule has 0 aromatic carbocycles. The summed E-state index contributed by atoms with van der Waals surface area (Å²) in [4.78, 5) is 28.0. The van der Waals surface area contributed by atoms with Gasteiger partial charge in [0.05, 0.1) is 23.4 Å². The Labute approximate surface area is 90.7 Å². The predicted octanol–water partition coefficient (Wildman–Crippen LogP) is 0.270. The maximum Gasteiger partial charge on any atom is 0.243 e. The summed E-state index contributed by atoms with van der Waals surface area (Å²) in [5.74, 6) is 0.613. The highest BCUT2D eigenvalue weighted by Gasteiger charge is 2.27. The molecule has 0 unspecified atom stereocenters. The molecule has 15 heavy (non-hydrogen) atoms. The van der Waals surface area contributed by atoms with E-state index in [4.69, 9.17) is 5.73 Å². The minimum atomic E-state index is -0.206. The zero-order valence-electron chi connectivity index (χ0n) is 7.84. The van der Waals surface area contributed by atoms with Crippen LogP contribution in [-0.4, -0.2) is 28.3 Å². The molecule has 5 nitrogen and oxygen atoms in total. The lowest BCUT2D eigenvalue weighted by molar-refractivity contribution is -0.124. The van der Waals surface area contributed by atoms with Crippen molar-refractivity contribution in [3.05, 3.63) is 18.3 Å². The van der Waals surface area contributed by atoms with Crippen LogP contribution in [0.5, 0.6) is 0 Å². The number of carbonyl (C=O) groups excluding carboxylic acids is 2. The van der Waals surface area contributed by atoms with Gasteiger partial charge in [0.1, 0.15) is 5.82 Å². The van der Waals surface area contributed by atoms with Gasteiger partial charge in [0.25, 0.3) is 0 Å². The fourth-order valence-corrected chi connectivity index (χ4v) is 2.02. The van der Waals surface area contributed by atoms with Crippen LogP contribution < -0.4 is 10.6 Å². The number of hydrogen-bond acceptors (Lipinski definition) is 5. The Morgan fingerprint density at radius 2 is 1.93 bits per heavy atom. The maximum absolute atomic E-state index is 11.5. The molecule has 6 heteroatoms. The molecule has 0 atom stereocenters. The number of carbonyl (C=O) groups is 2. The Kier molecular flexibility index (Phi) is 2.59. The number of aromatic nitrogens is 1. The zero-order chi connectivity index (χ0) is 10.8. The van der Waals surface area contributed by atoms with Gasteiger partial charge in [-0.2, -0.15) is 0 Å². The standard InChI is InChI=1S/C9H9N3O2S/c10-7-2-1-6(3-11-7)12-8(13)4-15-5-9(12)14/h1-3H,4-5H2,(H2,10,11). The van der Waals surface area contributed by atoms with Crippen molar-refractivity contribution in [1.82, 2.24) is 4.98 Å². The molecule has 1 saturated heterocycles. The second-order valence-corrected chi connectivity index (χ2v) is 4.04. The average molecular weight is 223 g/mol. The molecule has 0 saturated carbocycles. The Balaban J connectivity index is 2.31. The van der Waals surface area contributed by atoms with E-state index in [0.29, 0.717) is 23.0 Å². The number of amides is 2. The molecule has 2 N–H and O–H groups in total. The van der Waals surface area contributed by atoms with Crippen molar-refractivity contribution in [2.24, 2.45) is 0 Å². The quantitative estimate of drug-likeness (QED) is 0.691. The fourth-order valence-electron chi connectivity index (χ4n) is 1.31. The van der Waals surface area contributed by atoms with Crippen molar-refractivity contribution in [2.45, 2.75) is 0 Å². The summed E-state index contributed by atoms with van der Waals surface area (Å²) in [6, 6.07) is 3.19. The molecular weight excluding hydrogens is 214 g/mol. The summed E-state index contributed by atoms with van der Waals surface area (Å²) >= 11 is 1.33. The van der Waals surface area contributed by atoms with Crippen LogP contribution >= 0.6 is 11.8 Å². The first-order chi connectivity index (χ1) is 7.18. The van der Waals surface area contributed by atoms with Crippen LogP contribution in [0, 0.1) is 0 Å². The highest BCUT2D eigenvalue weighted by atomic mass is 32.2. The monoisotopic (exact) mass is 223 g/mol. The van der Waals surface area contributed by atoms with Crippen molar-refractivity contribution in [1.29, 1.82) is 0 Å². The van der Waals surface area contributed by atoms with E-state index in [1.165, 1.54) is 18.0 Å². The molecule has 0 spiro atoms. The van der Waals surface area contributed by atoms with Crippen LogP contribution in [0.15, 0.2) is 18.3 Å². The van der Waals surface area contributed by atoms with Gasteiger partial charge in [0, 0.05) is 0 Å². The summed E-state index contributed by atoms with van der Waals surface area (Å²) in [5, 5.41) is 0. The number of nitrogens with two attached hydrogens (primary N) is 1. The van der Waals surface area contributed by atoms with E-state index in [2.05, 4.69) is 4.98 Å². The molecule has 1 fully saturated rings. The average Bonchev–Trinajstić information content (AvgIpc) is 2.20. The number of nitrogens with zero attached hydrogens (tertiary/aromatic N) is 2. The minimum Gasteiger partial charge on any atom is -0.384 e. The van der Waals surface area contributed by atoms with Gasteiger partial charge in [0.15, 0.2) is 0 Å². The van der Waals surface area contributed by atoms with E-state index in [-0.39, 0.29) is 11.8 Å². The Morgan fingerprint density at radius 3 is 2.47 bits per heavy atom. The van der Waals surface area contributed by atoms with Crippen molar-refractivity contribution >= 4 is 35.1 Å². The second kappa shape index (κ2) is 3.90. The van der Waals surface area contributed by atoms with Crippen molar-refractivity contribution in [3.63, 3.8) is 0 Å². The zero-order valence-corrected chi connectivity index (χ0v) is 8.66. The highest BCUT2D eigenvalue weighted by molar-refractivity contribution is 8.00. The molecule has 2 rings (SSSR count). The van der Waals surface area contributed by atoms with Gasteiger partial charge in [0.2, 0.25) is 11.8 Å². The normalized spacial score (nSPS) is 16.9. The van der Waals surface area contributed by atoms with Gasteiger partial charge < -0.3 is 5.73 Å². The first-order valence-corrected chi connectivity index (χ1v) is 5.49. The molecule has 0 radical (unpaired) electrons. The molecule has 0 aliphatic carbocycles. The molecule has 1 aliphatic rings. The number of pyridine rings is 1. The Morgan fingerprint density at radius 1 is 1.27 bits per heavy atom. The van der Waals surface area contributed by atoms with Crippen molar-refractivity contribution in [2.75, 3.05) is 22.1 Å². The van der Waals surface area contributed by atoms with Gasteiger partial charge in [-0.15, -0.1) is 11.8 Å². The first kappa shape index (κ1) is 9.97. The van der Waals surface area contributed by atoms with Gasteiger partial charge >= 0.3 is 0 Å². The number of imide groups is 1. The lowest BCUT2D eigenvalue weighted by Gasteiger charge is -2.24. The van der Waals surface area contributed by atoms with Gasteiger partial charge in [-0.25, -0.2) is 9.88 Å². The molecule has 1 aromatic heterocycles. The van der Waals surface area contributed by atoms with Crippen LogP contribution in [-0.2, 0) is 9.59 Å². The van der Waals surface area contributed by atoms with Gasteiger partial charge in [-0.05, 0) is 12.1 Å². The number of nitrogen functional groups attached to an aromatic ring is 1. The van der Waals surface area contributed by atoms with Crippen LogP contribution in [0.25, 0.3) is 0 Å². The van der Waals surface area contributed by atoms with E-state index < -0.39 is 0 Å². The largest absolute Gasteiger partial charge is 0.384 e. The molecule has 0 bridgehead atoms. The molecule has 78 valence electrons. The summed E-state index contributed by atoms with van der Waals surface area (Å²) in [5.41, 5.74) is 5.91. The number of hydrogen-bond donors (Lipinski definition) is 1. The lowest BCUT2D eigenvalue weighted by atomic mass is 10.3. The Bertz CT molecular complexity index is 388. The van der Waals surface area contributed by atoms with E-state index in [9.17, 15) is 9.59 Å². The van der Waals surface area contributed by atoms with Crippen LogP contribution in [0.2, 0.25) is 0 Å². The topological polar surface area (TPSA) is 76.3 Å². The van der Waals surface area contributed by atoms with E-state index in [0.717, 1.165) is 4.90 Å². The minimum absolute atomic E-state index is 0.206. The van der Waals surface area contributed by atoms with E-state index in [1.54, 1.807) is 12.1 Å². The van der Waals surface area contributed by atoms with E-state index in [1.807, 2.05) is 0 Å². The maximum atomic E-state index is 11.5. The molecular formula is C9H9N3O2S. The van der Waals surface area contributed by atoms with Gasteiger partial charge in [-0.1, -0.05) is 0 Å². The first-order valence-electron chi connectivity index (χ1n) is 4.33. The number of anilines is 2. The van der Waals surface area contributed by atoms with Gasteiger partial charge in [-0.3, -0.25) is 9.59 Å².